The first-order valence-electron chi connectivity index (χ1n) is 7.80. The fourth-order valence-electron chi connectivity index (χ4n) is 2.68. The zero-order chi connectivity index (χ0) is 16.9. The summed E-state index contributed by atoms with van der Waals surface area (Å²) in [4.78, 5) is 12.2. The molecule has 0 unspecified atom stereocenters. The van der Waals surface area contributed by atoms with Gasteiger partial charge in [-0.05, 0) is 36.2 Å². The van der Waals surface area contributed by atoms with E-state index in [9.17, 15) is 9.18 Å². The number of halogens is 1. The van der Waals surface area contributed by atoms with Crippen molar-refractivity contribution in [3.8, 4) is 0 Å². The second-order valence-corrected chi connectivity index (χ2v) is 5.55. The summed E-state index contributed by atoms with van der Waals surface area (Å²) < 4.78 is 16.6. The third-order valence-corrected chi connectivity index (χ3v) is 3.89. The molecule has 0 atom stereocenters. The lowest BCUT2D eigenvalue weighted by atomic mass is 10.1. The highest BCUT2D eigenvalue weighted by molar-refractivity contribution is 5.77. The van der Waals surface area contributed by atoms with E-state index in [1.54, 1.807) is 18.3 Å². The van der Waals surface area contributed by atoms with Crippen molar-refractivity contribution in [1.82, 2.24) is 9.88 Å². The largest absolute Gasteiger partial charge is 0.352 e. The summed E-state index contributed by atoms with van der Waals surface area (Å²) in [6, 6.07) is 14.2. The SMILES string of the molecule is C=Cn1c[n+](CC(=O)NCCc2ccc(F)cc2)c2ccccc21. The van der Waals surface area contributed by atoms with Crippen LogP contribution in [0.3, 0.4) is 0 Å². The molecule has 0 spiro atoms. The van der Waals surface area contributed by atoms with Gasteiger partial charge < -0.3 is 5.32 Å². The molecule has 1 N–H and O–H groups in total. The third-order valence-electron chi connectivity index (χ3n) is 3.89. The monoisotopic (exact) mass is 324 g/mol. The number of hydrogen-bond acceptors (Lipinski definition) is 1. The Morgan fingerprint density at radius 2 is 1.96 bits per heavy atom. The molecule has 5 heteroatoms. The van der Waals surface area contributed by atoms with Gasteiger partial charge in [0, 0.05) is 6.54 Å². The van der Waals surface area contributed by atoms with E-state index >= 15 is 0 Å². The van der Waals surface area contributed by atoms with Crippen molar-refractivity contribution >= 4 is 23.1 Å². The highest BCUT2D eigenvalue weighted by atomic mass is 19.1. The summed E-state index contributed by atoms with van der Waals surface area (Å²) in [5.41, 5.74) is 2.98. The molecule has 0 aliphatic carbocycles. The van der Waals surface area contributed by atoms with Crippen molar-refractivity contribution in [2.24, 2.45) is 0 Å². The molecule has 24 heavy (non-hydrogen) atoms. The third kappa shape index (κ3) is 3.51. The summed E-state index contributed by atoms with van der Waals surface area (Å²) >= 11 is 0. The lowest BCUT2D eigenvalue weighted by Crippen LogP contribution is -2.42. The Bertz CT molecular complexity index is 868. The normalized spacial score (nSPS) is 10.7. The molecule has 0 aliphatic rings. The van der Waals surface area contributed by atoms with Crippen molar-refractivity contribution in [3.63, 3.8) is 0 Å². The van der Waals surface area contributed by atoms with Gasteiger partial charge in [-0.15, -0.1) is 0 Å². The van der Waals surface area contributed by atoms with Gasteiger partial charge in [-0.3, -0.25) is 4.79 Å². The van der Waals surface area contributed by atoms with Crippen LogP contribution in [0.25, 0.3) is 17.2 Å². The summed E-state index contributed by atoms with van der Waals surface area (Å²) in [7, 11) is 0. The van der Waals surface area contributed by atoms with E-state index in [4.69, 9.17) is 0 Å². The van der Waals surface area contributed by atoms with E-state index in [1.807, 2.05) is 39.7 Å². The molecule has 0 fully saturated rings. The van der Waals surface area contributed by atoms with Crippen LogP contribution < -0.4 is 9.88 Å². The van der Waals surface area contributed by atoms with E-state index < -0.39 is 0 Å². The molecule has 2 aromatic carbocycles. The fraction of sp³-hybridized carbons (Fsp3) is 0.158. The van der Waals surface area contributed by atoms with Crippen molar-refractivity contribution in [2.45, 2.75) is 13.0 Å². The topological polar surface area (TPSA) is 37.9 Å². The van der Waals surface area contributed by atoms with Gasteiger partial charge in [0.05, 0.1) is 6.20 Å². The first kappa shape index (κ1) is 15.9. The maximum absolute atomic E-state index is 12.9. The number of benzene rings is 2. The van der Waals surface area contributed by atoms with Crippen LogP contribution in [0.5, 0.6) is 0 Å². The molecule has 3 aromatic rings. The Morgan fingerprint density at radius 3 is 2.71 bits per heavy atom. The van der Waals surface area contributed by atoms with Gasteiger partial charge in [0.1, 0.15) is 5.82 Å². The first-order valence-corrected chi connectivity index (χ1v) is 7.80. The molecule has 1 amide bonds. The summed E-state index contributed by atoms with van der Waals surface area (Å²) in [6.45, 7) is 4.55. The maximum Gasteiger partial charge on any atom is 0.262 e. The molecule has 0 saturated carbocycles. The molecule has 122 valence electrons. The number of aromatic nitrogens is 2. The molecule has 3 rings (SSSR count). The van der Waals surface area contributed by atoms with Crippen LogP contribution in [0.1, 0.15) is 5.56 Å². The van der Waals surface area contributed by atoms with E-state index in [1.165, 1.54) is 12.1 Å². The lowest BCUT2D eigenvalue weighted by Gasteiger charge is -2.04. The molecular formula is C19H19FN3O+. The second kappa shape index (κ2) is 7.08. The maximum atomic E-state index is 12.9. The molecule has 1 heterocycles. The molecule has 0 saturated heterocycles. The molecule has 0 bridgehead atoms. The van der Waals surface area contributed by atoms with Gasteiger partial charge in [-0.1, -0.05) is 30.8 Å². The summed E-state index contributed by atoms with van der Waals surface area (Å²) in [6.07, 6.45) is 4.24. The highest BCUT2D eigenvalue weighted by Crippen LogP contribution is 2.10. The van der Waals surface area contributed by atoms with Gasteiger partial charge in [0.15, 0.2) is 17.6 Å². The number of carbonyl (C=O) groups is 1. The van der Waals surface area contributed by atoms with E-state index in [0.29, 0.717) is 13.0 Å². The zero-order valence-electron chi connectivity index (χ0n) is 13.3. The van der Waals surface area contributed by atoms with Crippen LogP contribution in [-0.2, 0) is 17.8 Å². The van der Waals surface area contributed by atoms with Crippen LogP contribution in [0.2, 0.25) is 0 Å². The predicted molar refractivity (Wildman–Crippen MR) is 91.6 cm³/mol. The van der Waals surface area contributed by atoms with Gasteiger partial charge in [-0.2, -0.15) is 0 Å². The number of rotatable bonds is 6. The second-order valence-electron chi connectivity index (χ2n) is 5.55. The van der Waals surface area contributed by atoms with Crippen LogP contribution in [-0.4, -0.2) is 17.0 Å². The molecule has 0 aliphatic heterocycles. The van der Waals surface area contributed by atoms with Gasteiger partial charge in [-0.25, -0.2) is 13.5 Å². The van der Waals surface area contributed by atoms with Gasteiger partial charge in [0.25, 0.3) is 5.91 Å². The minimum atomic E-state index is -0.252. The number of nitrogens with one attached hydrogen (secondary N) is 1. The molecule has 1 aromatic heterocycles. The standard InChI is InChI=1S/C19H18FN3O/c1-2-22-14-23(18-6-4-3-5-17(18)22)13-19(24)21-12-11-15-7-9-16(20)10-8-15/h2-10,14H,1,11-13H2/p+1. The minimum Gasteiger partial charge on any atom is -0.352 e. The van der Waals surface area contributed by atoms with Crippen LogP contribution in [0.4, 0.5) is 4.39 Å². The van der Waals surface area contributed by atoms with Crippen LogP contribution >= 0.6 is 0 Å². The van der Waals surface area contributed by atoms with Crippen molar-refractivity contribution < 1.29 is 13.8 Å². The Hall–Kier alpha value is -2.95. The minimum absolute atomic E-state index is 0.0610. The zero-order valence-corrected chi connectivity index (χ0v) is 13.3. The van der Waals surface area contributed by atoms with E-state index in [-0.39, 0.29) is 18.3 Å². The van der Waals surface area contributed by atoms with Crippen molar-refractivity contribution in [1.29, 1.82) is 0 Å². The van der Waals surface area contributed by atoms with Crippen LogP contribution in [0.15, 0.2) is 61.4 Å². The first-order chi connectivity index (χ1) is 11.7. The predicted octanol–water partition coefficient (Wildman–Crippen LogP) is 2.53. The van der Waals surface area contributed by atoms with Crippen molar-refractivity contribution in [2.75, 3.05) is 6.54 Å². The van der Waals surface area contributed by atoms with Crippen LogP contribution in [0, 0.1) is 5.82 Å². The van der Waals surface area contributed by atoms with E-state index in [0.717, 1.165) is 16.6 Å². The number of para-hydroxylation sites is 2. The Morgan fingerprint density at radius 1 is 1.21 bits per heavy atom. The van der Waals surface area contributed by atoms with E-state index in [2.05, 4.69) is 11.9 Å². The number of nitrogens with zero attached hydrogens (tertiary/aromatic N) is 2. The Balaban J connectivity index is 1.61. The van der Waals surface area contributed by atoms with Gasteiger partial charge >= 0.3 is 0 Å². The molecular weight excluding hydrogens is 305 g/mol. The highest BCUT2D eigenvalue weighted by Gasteiger charge is 2.15. The Kier molecular flexibility index (Phi) is 4.70. The number of fused-ring (bicyclic) bond motifs is 1. The molecule has 4 nitrogen and oxygen atoms in total. The Labute approximate surface area is 139 Å². The fourth-order valence-corrected chi connectivity index (χ4v) is 2.68. The number of hydrogen-bond donors (Lipinski definition) is 1. The van der Waals surface area contributed by atoms with Gasteiger partial charge in [0.2, 0.25) is 6.33 Å². The quantitative estimate of drug-likeness (QED) is 0.695. The number of carbonyl (C=O) groups excluding carboxylic acids is 1. The number of amides is 1. The average Bonchev–Trinajstić information content (AvgIpc) is 2.95. The lowest BCUT2D eigenvalue weighted by molar-refractivity contribution is -0.658. The smallest absolute Gasteiger partial charge is 0.262 e. The average molecular weight is 324 g/mol. The number of imidazole rings is 1. The van der Waals surface area contributed by atoms with Crippen molar-refractivity contribution in [3.05, 3.63) is 72.8 Å². The summed E-state index contributed by atoms with van der Waals surface area (Å²) in [5, 5.41) is 2.90. The summed E-state index contributed by atoms with van der Waals surface area (Å²) in [5.74, 6) is -0.313. The molecule has 0 radical (unpaired) electrons.